The van der Waals surface area contributed by atoms with Crippen molar-refractivity contribution >= 4 is 28.5 Å². The SMILES string of the molecule is CCN(CC)c1cnc2ccc(-c3nc(Cl)ncc3F)cc2n1. The van der Waals surface area contributed by atoms with Crippen LogP contribution >= 0.6 is 11.6 Å². The largest absolute Gasteiger partial charge is 0.356 e. The molecule has 0 saturated carbocycles. The van der Waals surface area contributed by atoms with Gasteiger partial charge in [0.1, 0.15) is 11.5 Å². The van der Waals surface area contributed by atoms with E-state index < -0.39 is 5.82 Å². The fourth-order valence-electron chi connectivity index (χ4n) is 2.40. The standard InChI is InChI=1S/C16H15ClFN5/c1-3-23(4-2)14-9-19-12-6-5-10(7-13(12)21-14)15-11(18)8-20-16(17)22-15/h5-9H,3-4H2,1-2H3. The van der Waals surface area contributed by atoms with Crippen LogP contribution in [0.3, 0.4) is 0 Å². The first-order valence-corrected chi connectivity index (χ1v) is 7.70. The maximum atomic E-state index is 13.9. The van der Waals surface area contributed by atoms with E-state index in [1.807, 2.05) is 0 Å². The molecule has 0 radical (unpaired) electrons. The Morgan fingerprint density at radius 3 is 2.57 bits per heavy atom. The Bertz CT molecular complexity index is 851. The molecule has 2 aromatic heterocycles. The van der Waals surface area contributed by atoms with Gasteiger partial charge in [-0.05, 0) is 37.6 Å². The van der Waals surface area contributed by atoms with E-state index in [0.717, 1.165) is 30.6 Å². The molecule has 5 nitrogen and oxygen atoms in total. The second-order valence-corrected chi connectivity index (χ2v) is 5.28. The van der Waals surface area contributed by atoms with Crippen molar-refractivity contribution in [2.24, 2.45) is 0 Å². The van der Waals surface area contributed by atoms with Crippen molar-refractivity contribution in [2.45, 2.75) is 13.8 Å². The molecule has 3 rings (SSSR count). The summed E-state index contributed by atoms with van der Waals surface area (Å²) in [5.74, 6) is 0.266. The molecule has 0 aliphatic heterocycles. The van der Waals surface area contributed by atoms with E-state index in [-0.39, 0.29) is 11.0 Å². The second-order valence-electron chi connectivity index (χ2n) is 4.94. The van der Waals surface area contributed by atoms with Crippen molar-refractivity contribution in [3.63, 3.8) is 0 Å². The topological polar surface area (TPSA) is 54.8 Å². The van der Waals surface area contributed by atoms with Gasteiger partial charge in [0.2, 0.25) is 5.28 Å². The van der Waals surface area contributed by atoms with Crippen molar-refractivity contribution < 1.29 is 4.39 Å². The Balaban J connectivity index is 2.11. The zero-order valence-electron chi connectivity index (χ0n) is 12.8. The highest BCUT2D eigenvalue weighted by atomic mass is 35.5. The summed E-state index contributed by atoms with van der Waals surface area (Å²) in [6, 6.07) is 5.30. The van der Waals surface area contributed by atoms with Gasteiger partial charge in [0.15, 0.2) is 5.82 Å². The van der Waals surface area contributed by atoms with Gasteiger partial charge in [-0.3, -0.25) is 4.98 Å². The number of rotatable bonds is 4. The summed E-state index contributed by atoms with van der Waals surface area (Å²) in [6.07, 6.45) is 2.81. The maximum absolute atomic E-state index is 13.9. The number of hydrogen-bond donors (Lipinski definition) is 0. The minimum atomic E-state index is -0.526. The Morgan fingerprint density at radius 2 is 1.83 bits per heavy atom. The average molecular weight is 332 g/mol. The highest BCUT2D eigenvalue weighted by molar-refractivity contribution is 6.28. The first kappa shape index (κ1) is 15.6. The molecule has 0 aliphatic rings. The number of fused-ring (bicyclic) bond motifs is 1. The van der Waals surface area contributed by atoms with Gasteiger partial charge in [-0.15, -0.1) is 0 Å². The second kappa shape index (κ2) is 6.42. The fraction of sp³-hybridized carbons (Fsp3) is 0.250. The Hall–Kier alpha value is -2.34. The van der Waals surface area contributed by atoms with E-state index in [0.29, 0.717) is 11.1 Å². The number of anilines is 1. The van der Waals surface area contributed by atoms with E-state index >= 15 is 0 Å². The molecule has 118 valence electrons. The third-order valence-corrected chi connectivity index (χ3v) is 3.79. The molecule has 0 spiro atoms. The van der Waals surface area contributed by atoms with Gasteiger partial charge in [0.05, 0.1) is 23.4 Å². The van der Waals surface area contributed by atoms with E-state index in [1.54, 1.807) is 24.4 Å². The van der Waals surface area contributed by atoms with Gasteiger partial charge in [-0.1, -0.05) is 6.07 Å². The minimum Gasteiger partial charge on any atom is -0.356 e. The third-order valence-electron chi connectivity index (χ3n) is 3.61. The monoisotopic (exact) mass is 331 g/mol. The van der Waals surface area contributed by atoms with Crippen molar-refractivity contribution in [1.82, 2.24) is 19.9 Å². The zero-order chi connectivity index (χ0) is 16.4. The van der Waals surface area contributed by atoms with Gasteiger partial charge < -0.3 is 4.90 Å². The van der Waals surface area contributed by atoms with Crippen LogP contribution in [0.5, 0.6) is 0 Å². The van der Waals surface area contributed by atoms with Crippen molar-refractivity contribution in [2.75, 3.05) is 18.0 Å². The molecule has 0 unspecified atom stereocenters. The molecule has 0 saturated heterocycles. The number of hydrogen-bond acceptors (Lipinski definition) is 5. The third kappa shape index (κ3) is 3.07. The summed E-state index contributed by atoms with van der Waals surface area (Å²) in [4.78, 5) is 18.7. The van der Waals surface area contributed by atoms with Crippen LogP contribution in [0.25, 0.3) is 22.3 Å². The van der Waals surface area contributed by atoms with Crippen LogP contribution in [0.1, 0.15) is 13.8 Å². The van der Waals surface area contributed by atoms with E-state index in [2.05, 4.69) is 38.7 Å². The lowest BCUT2D eigenvalue weighted by molar-refractivity contribution is 0.618. The van der Waals surface area contributed by atoms with Gasteiger partial charge in [0, 0.05) is 18.7 Å². The summed E-state index contributed by atoms with van der Waals surface area (Å²) >= 11 is 5.77. The number of benzene rings is 1. The molecule has 0 bridgehead atoms. The predicted molar refractivity (Wildman–Crippen MR) is 89.1 cm³/mol. The first-order valence-electron chi connectivity index (χ1n) is 7.32. The predicted octanol–water partition coefficient (Wildman–Crippen LogP) is 3.73. The van der Waals surface area contributed by atoms with Crippen LogP contribution in [0.2, 0.25) is 5.28 Å². The van der Waals surface area contributed by atoms with Crippen LogP contribution in [0.4, 0.5) is 10.2 Å². The molecular weight excluding hydrogens is 317 g/mol. The van der Waals surface area contributed by atoms with Crippen LogP contribution in [0.15, 0.2) is 30.6 Å². The zero-order valence-corrected chi connectivity index (χ0v) is 13.5. The first-order chi connectivity index (χ1) is 11.1. The van der Waals surface area contributed by atoms with Gasteiger partial charge in [0.25, 0.3) is 0 Å². The summed E-state index contributed by atoms with van der Waals surface area (Å²) < 4.78 is 13.9. The normalized spacial score (nSPS) is 11.0. The minimum absolute atomic E-state index is 0.00414. The summed E-state index contributed by atoms with van der Waals surface area (Å²) in [5, 5.41) is 0.00414. The van der Waals surface area contributed by atoms with E-state index in [1.165, 1.54) is 0 Å². The molecule has 2 heterocycles. The summed E-state index contributed by atoms with van der Waals surface area (Å²) in [6.45, 7) is 5.80. The quantitative estimate of drug-likeness (QED) is 0.682. The van der Waals surface area contributed by atoms with Gasteiger partial charge in [-0.25, -0.2) is 19.3 Å². The Morgan fingerprint density at radius 1 is 1.04 bits per heavy atom. The van der Waals surface area contributed by atoms with Crippen LogP contribution < -0.4 is 4.90 Å². The lowest BCUT2D eigenvalue weighted by atomic mass is 10.1. The Kier molecular flexibility index (Phi) is 4.34. The molecule has 3 aromatic rings. The van der Waals surface area contributed by atoms with Crippen molar-refractivity contribution in [1.29, 1.82) is 0 Å². The molecule has 23 heavy (non-hydrogen) atoms. The van der Waals surface area contributed by atoms with Crippen LogP contribution in [-0.2, 0) is 0 Å². The molecule has 0 amide bonds. The highest BCUT2D eigenvalue weighted by Gasteiger charge is 2.11. The van der Waals surface area contributed by atoms with E-state index in [9.17, 15) is 4.39 Å². The molecule has 0 fully saturated rings. The maximum Gasteiger partial charge on any atom is 0.223 e. The molecular formula is C16H15ClFN5. The molecule has 0 N–H and O–H groups in total. The number of halogens is 2. The molecule has 0 atom stereocenters. The highest BCUT2D eigenvalue weighted by Crippen LogP contribution is 2.25. The smallest absolute Gasteiger partial charge is 0.223 e. The van der Waals surface area contributed by atoms with E-state index in [4.69, 9.17) is 11.6 Å². The average Bonchev–Trinajstić information content (AvgIpc) is 2.57. The summed E-state index contributed by atoms with van der Waals surface area (Å²) in [5.41, 5.74) is 2.17. The van der Waals surface area contributed by atoms with Crippen molar-refractivity contribution in [3.05, 3.63) is 41.7 Å². The lowest BCUT2D eigenvalue weighted by Crippen LogP contribution is -2.23. The molecule has 0 aliphatic carbocycles. The number of aromatic nitrogens is 4. The summed E-state index contributed by atoms with van der Waals surface area (Å²) in [7, 11) is 0. The van der Waals surface area contributed by atoms with Gasteiger partial charge >= 0.3 is 0 Å². The van der Waals surface area contributed by atoms with Crippen molar-refractivity contribution in [3.8, 4) is 11.3 Å². The lowest BCUT2D eigenvalue weighted by Gasteiger charge is -2.19. The number of nitrogens with zero attached hydrogens (tertiary/aromatic N) is 5. The van der Waals surface area contributed by atoms with Crippen LogP contribution in [0, 0.1) is 5.82 Å². The van der Waals surface area contributed by atoms with Gasteiger partial charge in [-0.2, -0.15) is 0 Å². The fourth-order valence-corrected chi connectivity index (χ4v) is 2.53. The van der Waals surface area contributed by atoms with Crippen LogP contribution in [-0.4, -0.2) is 33.0 Å². The Labute approximate surface area is 138 Å². The molecule has 1 aromatic carbocycles. The molecule has 7 heteroatoms.